The second kappa shape index (κ2) is 7.14. The number of likely N-dealkylation sites (N-methyl/N-ethyl adjacent to an activating group) is 1. The molecule has 1 fully saturated rings. The van der Waals surface area contributed by atoms with Crippen molar-refractivity contribution in [2.45, 2.75) is 6.92 Å². The summed E-state index contributed by atoms with van der Waals surface area (Å²) in [5.74, 6) is 1.51. The summed E-state index contributed by atoms with van der Waals surface area (Å²) in [6.45, 7) is 6.66. The Morgan fingerprint density at radius 2 is 1.95 bits per heavy atom. The number of ether oxygens (including phenoxy) is 2. The van der Waals surface area contributed by atoms with Gasteiger partial charge in [0.05, 0.1) is 19.9 Å². The Bertz CT molecular complexity index is 454. The van der Waals surface area contributed by atoms with Gasteiger partial charge in [0.1, 0.15) is 0 Å². The summed E-state index contributed by atoms with van der Waals surface area (Å²) in [4.78, 5) is 2.31. The van der Waals surface area contributed by atoms with Crippen LogP contribution in [0.2, 0.25) is 0 Å². The monoisotopic (exact) mass is 277 g/mol. The highest BCUT2D eigenvalue weighted by Gasteiger charge is 2.11. The molecule has 0 aliphatic carbocycles. The molecule has 0 bridgehead atoms. The average molecular weight is 277 g/mol. The summed E-state index contributed by atoms with van der Waals surface area (Å²) in [5, 5.41) is 6.62. The smallest absolute Gasteiger partial charge is 0.161 e. The molecular weight excluding hydrogens is 254 g/mol. The van der Waals surface area contributed by atoms with Gasteiger partial charge in [-0.2, -0.15) is 5.10 Å². The number of hydrogen-bond acceptors (Lipinski definition) is 5. The predicted molar refractivity (Wildman–Crippen MR) is 80.8 cm³/mol. The lowest BCUT2D eigenvalue weighted by Crippen LogP contribution is -2.41. The molecule has 2 rings (SSSR count). The second-order valence-corrected chi connectivity index (χ2v) is 4.84. The van der Waals surface area contributed by atoms with Gasteiger partial charge in [0.15, 0.2) is 11.5 Å². The fourth-order valence-electron chi connectivity index (χ4n) is 2.10. The zero-order chi connectivity index (χ0) is 14.4. The Balaban J connectivity index is 2.02. The SMILES string of the molecule is CCOc1ccc(/C=N\N2CCN(C)CC2)cc1OC. The summed E-state index contributed by atoms with van der Waals surface area (Å²) in [5.41, 5.74) is 1.02. The molecule has 1 aliphatic heterocycles. The summed E-state index contributed by atoms with van der Waals surface area (Å²) in [6, 6.07) is 5.87. The number of piperazine rings is 1. The van der Waals surface area contributed by atoms with Gasteiger partial charge >= 0.3 is 0 Å². The van der Waals surface area contributed by atoms with Gasteiger partial charge in [-0.15, -0.1) is 0 Å². The van der Waals surface area contributed by atoms with E-state index < -0.39 is 0 Å². The van der Waals surface area contributed by atoms with Crippen molar-refractivity contribution in [1.82, 2.24) is 9.91 Å². The molecule has 0 N–H and O–H groups in total. The lowest BCUT2D eigenvalue weighted by molar-refractivity contribution is 0.159. The molecule has 0 radical (unpaired) electrons. The van der Waals surface area contributed by atoms with E-state index in [-0.39, 0.29) is 0 Å². The molecule has 1 aromatic rings. The summed E-state index contributed by atoms with van der Waals surface area (Å²) in [6.07, 6.45) is 1.88. The molecule has 1 saturated heterocycles. The van der Waals surface area contributed by atoms with Crippen LogP contribution in [-0.4, -0.2) is 63.1 Å². The number of hydrazone groups is 1. The van der Waals surface area contributed by atoms with E-state index in [1.54, 1.807) is 7.11 Å². The molecule has 0 saturated carbocycles. The molecule has 1 heterocycles. The first-order valence-electron chi connectivity index (χ1n) is 7.01. The number of methoxy groups -OCH3 is 1. The third kappa shape index (κ3) is 3.87. The van der Waals surface area contributed by atoms with Crippen LogP contribution >= 0.6 is 0 Å². The quantitative estimate of drug-likeness (QED) is 0.767. The normalized spacial score (nSPS) is 16.6. The van der Waals surface area contributed by atoms with Crippen molar-refractivity contribution in [3.63, 3.8) is 0 Å². The van der Waals surface area contributed by atoms with E-state index in [9.17, 15) is 0 Å². The molecule has 0 atom stereocenters. The van der Waals surface area contributed by atoms with Gasteiger partial charge in [-0.3, -0.25) is 5.01 Å². The van der Waals surface area contributed by atoms with E-state index >= 15 is 0 Å². The lowest BCUT2D eigenvalue weighted by atomic mass is 10.2. The van der Waals surface area contributed by atoms with Crippen molar-refractivity contribution in [3.8, 4) is 11.5 Å². The lowest BCUT2D eigenvalue weighted by Gasteiger charge is -2.30. The van der Waals surface area contributed by atoms with E-state index in [2.05, 4.69) is 22.1 Å². The maximum atomic E-state index is 5.50. The van der Waals surface area contributed by atoms with E-state index in [4.69, 9.17) is 9.47 Å². The van der Waals surface area contributed by atoms with E-state index in [1.807, 2.05) is 31.3 Å². The molecule has 20 heavy (non-hydrogen) atoms. The number of hydrogen-bond donors (Lipinski definition) is 0. The van der Waals surface area contributed by atoms with Crippen LogP contribution in [-0.2, 0) is 0 Å². The van der Waals surface area contributed by atoms with Crippen molar-refractivity contribution < 1.29 is 9.47 Å². The summed E-state index contributed by atoms with van der Waals surface area (Å²) >= 11 is 0. The van der Waals surface area contributed by atoms with Crippen molar-refractivity contribution in [1.29, 1.82) is 0 Å². The van der Waals surface area contributed by atoms with Gasteiger partial charge in [0.25, 0.3) is 0 Å². The fourth-order valence-corrected chi connectivity index (χ4v) is 2.10. The highest BCUT2D eigenvalue weighted by molar-refractivity contribution is 5.80. The Kier molecular flexibility index (Phi) is 5.24. The molecule has 1 aromatic carbocycles. The molecule has 0 amide bonds. The zero-order valence-corrected chi connectivity index (χ0v) is 12.5. The first-order chi connectivity index (χ1) is 9.72. The fraction of sp³-hybridized carbons (Fsp3) is 0.533. The topological polar surface area (TPSA) is 37.3 Å². The van der Waals surface area contributed by atoms with Crippen molar-refractivity contribution >= 4 is 6.21 Å². The van der Waals surface area contributed by atoms with Crippen LogP contribution in [0.15, 0.2) is 23.3 Å². The third-order valence-corrected chi connectivity index (χ3v) is 3.34. The maximum absolute atomic E-state index is 5.50. The zero-order valence-electron chi connectivity index (χ0n) is 12.5. The summed E-state index contributed by atoms with van der Waals surface area (Å²) in [7, 11) is 3.79. The third-order valence-electron chi connectivity index (χ3n) is 3.34. The number of nitrogens with zero attached hydrogens (tertiary/aromatic N) is 3. The largest absolute Gasteiger partial charge is 0.493 e. The first kappa shape index (κ1) is 14.7. The summed E-state index contributed by atoms with van der Waals surface area (Å²) < 4.78 is 10.8. The molecular formula is C15H23N3O2. The maximum Gasteiger partial charge on any atom is 0.161 e. The highest BCUT2D eigenvalue weighted by atomic mass is 16.5. The molecule has 1 aliphatic rings. The Morgan fingerprint density at radius 3 is 2.60 bits per heavy atom. The Labute approximate surface area is 120 Å². The molecule has 5 nitrogen and oxygen atoms in total. The van der Waals surface area contributed by atoms with Gasteiger partial charge in [-0.1, -0.05) is 0 Å². The number of benzene rings is 1. The Morgan fingerprint density at radius 1 is 1.20 bits per heavy atom. The van der Waals surface area contributed by atoms with Crippen LogP contribution in [0.1, 0.15) is 12.5 Å². The van der Waals surface area contributed by atoms with Gasteiger partial charge in [-0.05, 0) is 37.7 Å². The van der Waals surface area contributed by atoms with E-state index in [0.29, 0.717) is 6.61 Å². The van der Waals surface area contributed by atoms with Crippen LogP contribution in [0.25, 0.3) is 0 Å². The predicted octanol–water partition coefficient (Wildman–Crippen LogP) is 1.68. The minimum absolute atomic E-state index is 0.630. The second-order valence-electron chi connectivity index (χ2n) is 4.84. The molecule has 0 spiro atoms. The molecule has 5 heteroatoms. The standard InChI is InChI=1S/C15H23N3O2/c1-4-20-14-6-5-13(11-15(14)19-3)12-16-18-9-7-17(2)8-10-18/h5-6,11-12H,4,7-10H2,1-3H3/b16-12-. The average Bonchev–Trinajstić information content (AvgIpc) is 2.48. The van der Waals surface area contributed by atoms with Gasteiger partial charge in [0.2, 0.25) is 0 Å². The van der Waals surface area contributed by atoms with Crippen LogP contribution in [0.5, 0.6) is 11.5 Å². The van der Waals surface area contributed by atoms with Crippen LogP contribution in [0, 0.1) is 0 Å². The van der Waals surface area contributed by atoms with Gasteiger partial charge in [-0.25, -0.2) is 0 Å². The molecule has 0 unspecified atom stereocenters. The van der Waals surface area contributed by atoms with E-state index in [0.717, 1.165) is 43.2 Å². The minimum Gasteiger partial charge on any atom is -0.493 e. The highest BCUT2D eigenvalue weighted by Crippen LogP contribution is 2.27. The van der Waals surface area contributed by atoms with Crippen molar-refractivity contribution in [3.05, 3.63) is 23.8 Å². The number of rotatable bonds is 5. The van der Waals surface area contributed by atoms with Crippen LogP contribution < -0.4 is 9.47 Å². The van der Waals surface area contributed by atoms with Gasteiger partial charge < -0.3 is 14.4 Å². The Hall–Kier alpha value is -1.75. The van der Waals surface area contributed by atoms with Crippen molar-refractivity contribution in [2.24, 2.45) is 5.10 Å². The van der Waals surface area contributed by atoms with Crippen LogP contribution in [0.4, 0.5) is 0 Å². The molecule has 110 valence electrons. The van der Waals surface area contributed by atoms with E-state index in [1.165, 1.54) is 0 Å². The molecule has 0 aromatic heterocycles. The first-order valence-corrected chi connectivity index (χ1v) is 7.01. The van der Waals surface area contributed by atoms with Crippen molar-refractivity contribution in [2.75, 3.05) is 46.9 Å². The van der Waals surface area contributed by atoms with Gasteiger partial charge in [0, 0.05) is 26.2 Å². The van der Waals surface area contributed by atoms with Crippen LogP contribution in [0.3, 0.4) is 0 Å². The minimum atomic E-state index is 0.630.